The molecule has 6 heteroatoms. The Morgan fingerprint density at radius 2 is 1.64 bits per heavy atom. The second-order valence-electron chi connectivity index (χ2n) is 8.99. The van der Waals surface area contributed by atoms with Gasteiger partial charge in [-0.3, -0.25) is 4.79 Å². The van der Waals surface area contributed by atoms with Gasteiger partial charge in [0.05, 0.1) is 28.4 Å². The topological polar surface area (TPSA) is 66.0 Å². The largest absolute Gasteiger partial charge is 0.493 e. The third-order valence-corrected chi connectivity index (χ3v) is 6.61. The van der Waals surface area contributed by atoms with E-state index in [9.17, 15) is 4.79 Å². The van der Waals surface area contributed by atoms with Gasteiger partial charge in [0.2, 0.25) is 11.2 Å². The molecule has 2 aromatic rings. The average molecular weight is 456 g/mol. The number of fused-ring (bicyclic) bond motifs is 3. The maximum absolute atomic E-state index is 12.9. The van der Waals surface area contributed by atoms with Crippen LogP contribution in [0.5, 0.6) is 23.0 Å². The molecule has 3 rings (SSSR count). The third kappa shape index (κ3) is 4.96. The van der Waals surface area contributed by atoms with Crippen molar-refractivity contribution in [3.05, 3.63) is 45.6 Å². The lowest BCUT2D eigenvalue weighted by atomic mass is 9.85. The van der Waals surface area contributed by atoms with Crippen LogP contribution in [0.25, 0.3) is 11.1 Å². The van der Waals surface area contributed by atoms with Gasteiger partial charge in [0.15, 0.2) is 17.2 Å². The summed E-state index contributed by atoms with van der Waals surface area (Å²) in [6.45, 7) is 4.51. The third-order valence-electron chi connectivity index (χ3n) is 6.61. The van der Waals surface area contributed by atoms with Crippen molar-refractivity contribution in [1.82, 2.24) is 5.32 Å². The molecule has 0 aliphatic heterocycles. The summed E-state index contributed by atoms with van der Waals surface area (Å²) in [6.07, 6.45) is 4.19. The van der Waals surface area contributed by atoms with E-state index in [-0.39, 0.29) is 17.4 Å². The van der Waals surface area contributed by atoms with Crippen LogP contribution < -0.4 is 29.7 Å². The van der Waals surface area contributed by atoms with Crippen molar-refractivity contribution < 1.29 is 18.9 Å². The van der Waals surface area contributed by atoms with E-state index in [1.54, 1.807) is 33.5 Å². The fourth-order valence-electron chi connectivity index (χ4n) is 4.94. The number of ether oxygens (including phenoxy) is 4. The Morgan fingerprint density at radius 1 is 0.939 bits per heavy atom. The second-order valence-corrected chi connectivity index (χ2v) is 8.99. The Labute approximate surface area is 197 Å². The molecule has 1 unspecified atom stereocenters. The molecule has 2 aromatic carbocycles. The Morgan fingerprint density at radius 3 is 2.21 bits per heavy atom. The van der Waals surface area contributed by atoms with Crippen molar-refractivity contribution in [2.45, 2.75) is 51.5 Å². The number of nitrogens with one attached hydrogen (secondary N) is 1. The van der Waals surface area contributed by atoms with Gasteiger partial charge >= 0.3 is 0 Å². The van der Waals surface area contributed by atoms with E-state index in [2.05, 4.69) is 25.2 Å². The van der Waals surface area contributed by atoms with Crippen LogP contribution in [0.2, 0.25) is 0 Å². The highest BCUT2D eigenvalue weighted by Crippen LogP contribution is 2.53. The van der Waals surface area contributed by atoms with Crippen LogP contribution in [-0.2, 0) is 0 Å². The van der Waals surface area contributed by atoms with Gasteiger partial charge in [0.25, 0.3) is 0 Å². The summed E-state index contributed by atoms with van der Waals surface area (Å²) in [4.78, 5) is 12.9. The summed E-state index contributed by atoms with van der Waals surface area (Å²) in [5, 5.41) is 3.45. The van der Waals surface area contributed by atoms with Gasteiger partial charge in [0, 0.05) is 11.6 Å². The highest BCUT2D eigenvalue weighted by molar-refractivity contribution is 5.83. The quantitative estimate of drug-likeness (QED) is 0.552. The standard InChI is InChI=1S/C27H37NO5/c1-16(2)9-8-10-17-13-21(28-3)20-14-22(29)23(30-4)12-11-18(20)25-19(17)15-24(31-5)26(32-6)27(25)33-7/h11-12,14-17,21,28H,8-10,13H2,1-7H3/t17?,21-/m0/s1. The summed E-state index contributed by atoms with van der Waals surface area (Å²) in [5.41, 5.74) is 3.84. The Hall–Kier alpha value is -2.73. The second kappa shape index (κ2) is 10.9. The maximum Gasteiger partial charge on any atom is 0.220 e. The molecule has 180 valence electrons. The van der Waals surface area contributed by atoms with Crippen molar-refractivity contribution in [2.75, 3.05) is 35.5 Å². The fourth-order valence-corrected chi connectivity index (χ4v) is 4.94. The fraction of sp³-hybridized carbons (Fsp3) is 0.519. The summed E-state index contributed by atoms with van der Waals surface area (Å²) in [6, 6.07) is 7.49. The smallest absolute Gasteiger partial charge is 0.220 e. The van der Waals surface area contributed by atoms with Crippen LogP contribution in [0.3, 0.4) is 0 Å². The number of hydrogen-bond acceptors (Lipinski definition) is 6. The lowest BCUT2D eigenvalue weighted by Gasteiger charge is -2.24. The maximum atomic E-state index is 12.9. The highest BCUT2D eigenvalue weighted by Gasteiger charge is 2.33. The Balaban J connectivity index is 2.36. The molecule has 1 N–H and O–H groups in total. The molecule has 2 atom stereocenters. The van der Waals surface area contributed by atoms with Gasteiger partial charge in [-0.15, -0.1) is 0 Å². The predicted octanol–water partition coefficient (Wildman–Crippen LogP) is 5.32. The van der Waals surface area contributed by atoms with E-state index in [1.165, 1.54) is 13.5 Å². The Kier molecular flexibility index (Phi) is 8.25. The minimum absolute atomic E-state index is 0.00273. The van der Waals surface area contributed by atoms with Gasteiger partial charge in [-0.25, -0.2) is 0 Å². The minimum Gasteiger partial charge on any atom is -0.493 e. The van der Waals surface area contributed by atoms with E-state index in [0.717, 1.165) is 41.5 Å². The summed E-state index contributed by atoms with van der Waals surface area (Å²) in [7, 11) is 8.37. The average Bonchev–Trinajstić information content (AvgIpc) is 3.04. The first kappa shape index (κ1) is 24.9. The first-order valence-electron chi connectivity index (χ1n) is 11.6. The highest BCUT2D eigenvalue weighted by atomic mass is 16.5. The number of rotatable bonds is 9. The Bertz CT molecular complexity index is 1030. The molecule has 0 bridgehead atoms. The van der Waals surface area contributed by atoms with E-state index in [0.29, 0.717) is 28.9 Å². The van der Waals surface area contributed by atoms with Gasteiger partial charge < -0.3 is 24.3 Å². The predicted molar refractivity (Wildman–Crippen MR) is 132 cm³/mol. The lowest BCUT2D eigenvalue weighted by Crippen LogP contribution is -2.19. The first-order valence-corrected chi connectivity index (χ1v) is 11.6. The molecule has 0 fully saturated rings. The van der Waals surface area contributed by atoms with Crippen LogP contribution in [0.15, 0.2) is 29.1 Å². The normalized spacial score (nSPS) is 17.1. The zero-order chi connectivity index (χ0) is 24.1. The van der Waals surface area contributed by atoms with Gasteiger partial charge in [-0.2, -0.15) is 0 Å². The molecule has 1 aliphatic carbocycles. The van der Waals surface area contributed by atoms with Crippen LogP contribution in [0, 0.1) is 5.92 Å². The molecule has 0 heterocycles. The number of hydrogen-bond donors (Lipinski definition) is 1. The lowest BCUT2D eigenvalue weighted by molar-refractivity contribution is 0.324. The molecule has 0 spiro atoms. The molecule has 0 saturated heterocycles. The first-order chi connectivity index (χ1) is 15.9. The van der Waals surface area contributed by atoms with Crippen molar-refractivity contribution in [2.24, 2.45) is 5.92 Å². The molecule has 0 amide bonds. The summed E-state index contributed by atoms with van der Waals surface area (Å²) >= 11 is 0. The van der Waals surface area contributed by atoms with Crippen molar-refractivity contribution >= 4 is 0 Å². The SMILES string of the molecule is CN[C@H]1CC(CCCC(C)C)c2cc(OC)c(OC)c(OC)c2-c2ccc(OC)c(=O)cc21. The molecular formula is C27H37NO5. The zero-order valence-corrected chi connectivity index (χ0v) is 20.9. The molecule has 33 heavy (non-hydrogen) atoms. The van der Waals surface area contributed by atoms with Crippen LogP contribution in [-0.4, -0.2) is 35.5 Å². The zero-order valence-electron chi connectivity index (χ0n) is 20.9. The van der Waals surface area contributed by atoms with Crippen LogP contribution >= 0.6 is 0 Å². The minimum atomic E-state index is -0.141. The van der Waals surface area contributed by atoms with E-state index in [1.807, 2.05) is 13.1 Å². The van der Waals surface area contributed by atoms with E-state index >= 15 is 0 Å². The van der Waals surface area contributed by atoms with E-state index in [4.69, 9.17) is 18.9 Å². The van der Waals surface area contributed by atoms with Crippen LogP contribution in [0.4, 0.5) is 0 Å². The molecule has 6 nitrogen and oxygen atoms in total. The number of benzene rings is 1. The summed E-state index contributed by atoms with van der Waals surface area (Å²) in [5.74, 6) is 3.05. The molecule has 0 saturated carbocycles. The number of methoxy groups -OCH3 is 4. The van der Waals surface area contributed by atoms with Crippen molar-refractivity contribution in [3.8, 4) is 34.1 Å². The van der Waals surface area contributed by atoms with Gasteiger partial charge in [-0.1, -0.05) is 32.8 Å². The van der Waals surface area contributed by atoms with Crippen molar-refractivity contribution in [3.63, 3.8) is 0 Å². The van der Waals surface area contributed by atoms with E-state index < -0.39 is 0 Å². The van der Waals surface area contributed by atoms with Gasteiger partial charge in [-0.05, 0) is 66.6 Å². The summed E-state index contributed by atoms with van der Waals surface area (Å²) < 4.78 is 22.7. The monoisotopic (exact) mass is 455 g/mol. The van der Waals surface area contributed by atoms with Crippen LogP contribution in [0.1, 0.15) is 62.6 Å². The van der Waals surface area contributed by atoms with Gasteiger partial charge in [0.1, 0.15) is 0 Å². The molecule has 1 aliphatic rings. The molecular weight excluding hydrogens is 418 g/mol. The van der Waals surface area contributed by atoms with Crippen molar-refractivity contribution in [1.29, 1.82) is 0 Å². The molecule has 0 radical (unpaired) electrons. The molecule has 0 aromatic heterocycles.